The van der Waals surface area contributed by atoms with Crippen molar-refractivity contribution in [3.8, 4) is 0 Å². The fourth-order valence-electron chi connectivity index (χ4n) is 4.22. The molecule has 0 amide bonds. The predicted molar refractivity (Wildman–Crippen MR) is 109 cm³/mol. The maximum Gasteiger partial charge on any atom is 0.341 e. The molecule has 1 aliphatic heterocycles. The molecule has 8 heteroatoms. The highest BCUT2D eigenvalue weighted by atomic mass is 35.5. The number of pyridine rings is 1. The Balaban J connectivity index is 0.00000225. The van der Waals surface area contributed by atoms with Gasteiger partial charge in [-0.2, -0.15) is 0 Å². The number of aromatic carboxylic acids is 1. The molecule has 1 saturated carbocycles. The third kappa shape index (κ3) is 3.26. The lowest BCUT2D eigenvalue weighted by Crippen LogP contribution is -2.46. The van der Waals surface area contributed by atoms with E-state index in [9.17, 15) is 14.7 Å². The van der Waals surface area contributed by atoms with Crippen LogP contribution in [0.1, 0.15) is 48.1 Å². The van der Waals surface area contributed by atoms with Crippen molar-refractivity contribution in [1.29, 1.82) is 0 Å². The second-order valence-electron chi connectivity index (χ2n) is 7.92. The molecule has 4 rings (SSSR count). The van der Waals surface area contributed by atoms with E-state index in [0.29, 0.717) is 29.9 Å². The quantitative estimate of drug-likeness (QED) is 0.813. The van der Waals surface area contributed by atoms with Crippen molar-refractivity contribution < 1.29 is 14.3 Å². The van der Waals surface area contributed by atoms with Gasteiger partial charge in [-0.1, -0.05) is 6.92 Å². The Kier molecular flexibility index (Phi) is 5.42. The van der Waals surface area contributed by atoms with Crippen molar-refractivity contribution >= 4 is 35.0 Å². The maximum absolute atomic E-state index is 15.1. The molecular weight excluding hydrogens is 385 g/mol. The van der Waals surface area contributed by atoms with Gasteiger partial charge in [0.25, 0.3) is 0 Å². The molecule has 2 heterocycles. The van der Waals surface area contributed by atoms with Crippen molar-refractivity contribution in [3.05, 3.63) is 39.4 Å². The summed E-state index contributed by atoms with van der Waals surface area (Å²) in [4.78, 5) is 26.2. The Morgan fingerprint density at radius 3 is 2.57 bits per heavy atom. The second-order valence-corrected chi connectivity index (χ2v) is 7.92. The average Bonchev–Trinajstić information content (AvgIpc) is 3.43. The number of nitrogens with two attached hydrogens (primary N) is 1. The largest absolute Gasteiger partial charge is 0.477 e. The van der Waals surface area contributed by atoms with E-state index >= 15 is 4.39 Å². The summed E-state index contributed by atoms with van der Waals surface area (Å²) in [6.45, 7) is 5.20. The molecule has 0 unspecified atom stereocenters. The first-order chi connectivity index (χ1) is 12.8. The van der Waals surface area contributed by atoms with E-state index in [-0.39, 0.29) is 41.4 Å². The molecule has 2 aromatic rings. The first-order valence-corrected chi connectivity index (χ1v) is 9.41. The van der Waals surface area contributed by atoms with E-state index in [1.807, 2.05) is 16.4 Å². The van der Waals surface area contributed by atoms with Crippen LogP contribution in [0.25, 0.3) is 10.9 Å². The molecule has 2 aliphatic rings. The number of carboxylic acid groups (broad SMARTS) is 1. The molecular formula is C20H25ClFN3O3. The topological polar surface area (TPSA) is 88.6 Å². The maximum atomic E-state index is 15.1. The van der Waals surface area contributed by atoms with Crippen molar-refractivity contribution in [2.45, 2.75) is 45.2 Å². The highest BCUT2D eigenvalue weighted by Crippen LogP contribution is 2.40. The summed E-state index contributed by atoms with van der Waals surface area (Å²) in [5.41, 5.74) is 7.00. The lowest BCUT2D eigenvalue weighted by Gasteiger charge is -2.37. The van der Waals surface area contributed by atoms with Crippen LogP contribution in [0, 0.1) is 18.7 Å². The fraction of sp³-hybridized carbons (Fsp3) is 0.500. The number of halogens is 2. The van der Waals surface area contributed by atoms with Crippen molar-refractivity contribution in [1.82, 2.24) is 4.57 Å². The number of carboxylic acids is 1. The molecule has 152 valence electrons. The van der Waals surface area contributed by atoms with Crippen LogP contribution >= 0.6 is 12.4 Å². The molecule has 2 atom stereocenters. The number of piperidine rings is 1. The molecule has 1 aromatic heterocycles. The number of benzene rings is 1. The molecule has 28 heavy (non-hydrogen) atoms. The van der Waals surface area contributed by atoms with Crippen LogP contribution in [0.15, 0.2) is 17.1 Å². The van der Waals surface area contributed by atoms with Crippen molar-refractivity contribution in [2.75, 3.05) is 18.0 Å². The highest BCUT2D eigenvalue weighted by Gasteiger charge is 2.31. The van der Waals surface area contributed by atoms with Crippen molar-refractivity contribution in [2.24, 2.45) is 11.7 Å². The molecule has 6 nitrogen and oxygen atoms in total. The summed E-state index contributed by atoms with van der Waals surface area (Å²) < 4.78 is 16.9. The number of nitrogens with zero attached hydrogens (tertiary/aromatic N) is 2. The van der Waals surface area contributed by atoms with Crippen LogP contribution in [0.2, 0.25) is 0 Å². The van der Waals surface area contributed by atoms with Crippen LogP contribution in [0.5, 0.6) is 0 Å². The second kappa shape index (κ2) is 7.37. The van der Waals surface area contributed by atoms with Gasteiger partial charge >= 0.3 is 5.97 Å². The summed E-state index contributed by atoms with van der Waals surface area (Å²) in [5.74, 6) is -1.52. The van der Waals surface area contributed by atoms with Crippen molar-refractivity contribution in [3.63, 3.8) is 0 Å². The lowest BCUT2D eigenvalue weighted by atomic mass is 9.93. The van der Waals surface area contributed by atoms with E-state index in [0.717, 1.165) is 19.3 Å². The fourth-order valence-corrected chi connectivity index (χ4v) is 4.22. The van der Waals surface area contributed by atoms with Gasteiger partial charge in [0.15, 0.2) is 0 Å². The summed E-state index contributed by atoms with van der Waals surface area (Å²) >= 11 is 0. The minimum Gasteiger partial charge on any atom is -0.477 e. The summed E-state index contributed by atoms with van der Waals surface area (Å²) in [5, 5.41) is 9.52. The minimum absolute atomic E-state index is 0. The molecule has 3 N–H and O–H groups in total. The Morgan fingerprint density at radius 2 is 2.00 bits per heavy atom. The molecule has 1 saturated heterocycles. The first kappa shape index (κ1) is 20.6. The number of hydrogen-bond acceptors (Lipinski definition) is 4. The first-order valence-electron chi connectivity index (χ1n) is 9.41. The smallest absolute Gasteiger partial charge is 0.341 e. The molecule has 1 aromatic carbocycles. The van der Waals surface area contributed by atoms with Gasteiger partial charge in [-0.3, -0.25) is 4.79 Å². The van der Waals surface area contributed by atoms with E-state index in [1.54, 1.807) is 0 Å². The Bertz CT molecular complexity index is 1000. The number of aryl methyl sites for hydroxylation is 1. The predicted octanol–water partition coefficient (Wildman–Crippen LogP) is 3.08. The molecule has 0 radical (unpaired) electrons. The van der Waals surface area contributed by atoms with Gasteiger partial charge in [-0.15, -0.1) is 12.4 Å². The Hall–Kier alpha value is -2.12. The van der Waals surface area contributed by atoms with E-state index in [2.05, 4.69) is 6.92 Å². The molecule has 0 spiro atoms. The highest BCUT2D eigenvalue weighted by molar-refractivity contribution is 5.95. The van der Waals surface area contributed by atoms with Gasteiger partial charge < -0.3 is 20.3 Å². The molecule has 0 bridgehead atoms. The van der Waals surface area contributed by atoms with Gasteiger partial charge in [0, 0.05) is 36.8 Å². The van der Waals surface area contributed by atoms with Gasteiger partial charge in [0.05, 0.1) is 11.2 Å². The molecule has 2 fully saturated rings. The Labute approximate surface area is 168 Å². The lowest BCUT2D eigenvalue weighted by molar-refractivity contribution is 0.0695. The van der Waals surface area contributed by atoms with Gasteiger partial charge in [-0.25, -0.2) is 9.18 Å². The summed E-state index contributed by atoms with van der Waals surface area (Å²) in [6, 6.07) is 1.48. The normalized spacial score (nSPS) is 22.2. The van der Waals surface area contributed by atoms with E-state index < -0.39 is 17.2 Å². The minimum atomic E-state index is -1.28. The average molecular weight is 410 g/mol. The van der Waals surface area contributed by atoms with Crippen LogP contribution in [0.4, 0.5) is 10.1 Å². The number of carbonyl (C=O) groups is 1. The number of rotatable bonds is 3. The van der Waals surface area contributed by atoms with Crippen LogP contribution in [0.3, 0.4) is 0 Å². The van der Waals surface area contributed by atoms with E-state index in [4.69, 9.17) is 5.73 Å². The van der Waals surface area contributed by atoms with Crippen LogP contribution in [-0.2, 0) is 0 Å². The van der Waals surface area contributed by atoms with Crippen LogP contribution < -0.4 is 16.1 Å². The number of anilines is 1. The standard InChI is InChI=1S/C20H24FN3O3.ClH/c1-10-8-23(6-5-16(10)22)18-11(2)17-13(7-15(18)21)19(25)14(20(26)27)9-24(17)12-3-4-12;/h7,9-10,12,16H,3-6,8,22H2,1-2H3,(H,26,27);1H/t10-,16+;/m0./s1. The zero-order chi connectivity index (χ0) is 19.5. The van der Waals surface area contributed by atoms with E-state index in [1.165, 1.54) is 12.3 Å². The monoisotopic (exact) mass is 409 g/mol. The zero-order valence-corrected chi connectivity index (χ0v) is 16.8. The molecule has 1 aliphatic carbocycles. The number of hydrogen-bond donors (Lipinski definition) is 2. The van der Waals surface area contributed by atoms with Gasteiger partial charge in [0.2, 0.25) is 5.43 Å². The number of aromatic nitrogens is 1. The number of fused-ring (bicyclic) bond motifs is 1. The third-order valence-corrected chi connectivity index (χ3v) is 5.94. The van der Waals surface area contributed by atoms with Gasteiger partial charge in [-0.05, 0) is 43.7 Å². The van der Waals surface area contributed by atoms with Gasteiger partial charge in [0.1, 0.15) is 11.4 Å². The SMILES string of the molecule is Cc1c(N2CC[C@@H](N)[C@@H](C)C2)c(F)cc2c(=O)c(C(=O)O)cn(C3CC3)c12.Cl. The summed E-state index contributed by atoms with van der Waals surface area (Å²) in [6.07, 6.45) is 4.07. The third-order valence-electron chi connectivity index (χ3n) is 5.94. The Morgan fingerprint density at radius 1 is 1.32 bits per heavy atom. The van der Waals surface area contributed by atoms with Crippen LogP contribution in [-0.4, -0.2) is 34.8 Å². The zero-order valence-electron chi connectivity index (χ0n) is 15.9. The summed E-state index contributed by atoms with van der Waals surface area (Å²) in [7, 11) is 0.